The zero-order valence-electron chi connectivity index (χ0n) is 16.7. The number of benzene rings is 1. The Bertz CT molecular complexity index is 1170. The van der Waals surface area contributed by atoms with Crippen molar-refractivity contribution in [3.8, 4) is 11.1 Å². The van der Waals surface area contributed by atoms with E-state index in [0.717, 1.165) is 59.2 Å². The minimum Gasteiger partial charge on any atom is -0.346 e. The topological polar surface area (TPSA) is 58.5 Å². The quantitative estimate of drug-likeness (QED) is 0.421. The third-order valence-corrected chi connectivity index (χ3v) is 6.74. The highest BCUT2D eigenvalue weighted by Crippen LogP contribution is 2.38. The van der Waals surface area contributed by atoms with E-state index in [1.165, 1.54) is 0 Å². The second kappa shape index (κ2) is 8.06. The molecule has 0 spiro atoms. The number of halogens is 2. The third kappa shape index (κ3) is 3.51. The molecule has 1 aromatic carbocycles. The van der Waals surface area contributed by atoms with Crippen molar-refractivity contribution in [3.63, 3.8) is 0 Å². The zero-order chi connectivity index (χ0) is 20.7. The van der Waals surface area contributed by atoms with Crippen LogP contribution in [0.5, 0.6) is 0 Å². The number of rotatable bonds is 4. The van der Waals surface area contributed by atoms with Crippen LogP contribution in [0.25, 0.3) is 22.2 Å². The fourth-order valence-corrected chi connectivity index (χ4v) is 5.10. The fourth-order valence-electron chi connectivity index (χ4n) is 4.38. The summed E-state index contributed by atoms with van der Waals surface area (Å²) in [5.74, 6) is 0.0365. The highest BCUT2D eigenvalue weighted by Gasteiger charge is 2.20. The number of hydrogen-bond acceptors (Lipinski definition) is 3. The molecule has 1 aliphatic rings. The third-order valence-electron chi connectivity index (χ3n) is 6.08. The number of H-pyrrole nitrogens is 1. The van der Waals surface area contributed by atoms with Gasteiger partial charge in [0.05, 0.1) is 12.2 Å². The second-order valence-corrected chi connectivity index (χ2v) is 8.73. The largest absolute Gasteiger partial charge is 0.346 e. The van der Waals surface area contributed by atoms with Gasteiger partial charge in [-0.05, 0) is 55.3 Å². The van der Waals surface area contributed by atoms with Crippen LogP contribution in [0, 0.1) is 0 Å². The van der Waals surface area contributed by atoms with Crippen LogP contribution in [-0.4, -0.2) is 32.8 Å². The van der Waals surface area contributed by atoms with Crippen molar-refractivity contribution in [2.45, 2.75) is 31.7 Å². The lowest BCUT2D eigenvalue weighted by molar-refractivity contribution is 0.343. The molecule has 1 atom stereocenters. The summed E-state index contributed by atoms with van der Waals surface area (Å²) >= 11 is 12.9. The van der Waals surface area contributed by atoms with E-state index in [2.05, 4.69) is 44.3 Å². The SMILES string of the molecule is CC(c1c(Cl)cccc1Cl)c1c[nH]c2ncc(-c3cnn(C4CCNCC4)c3)cc12. The number of pyridine rings is 1. The number of fused-ring (bicyclic) bond motifs is 1. The van der Waals surface area contributed by atoms with E-state index in [1.807, 2.05) is 36.8 Å². The van der Waals surface area contributed by atoms with Crippen molar-refractivity contribution >= 4 is 34.2 Å². The first-order chi connectivity index (χ1) is 14.6. The number of aromatic amines is 1. The molecule has 0 radical (unpaired) electrons. The highest BCUT2D eigenvalue weighted by molar-refractivity contribution is 6.36. The predicted octanol–water partition coefficient (Wildman–Crippen LogP) is 5.81. The lowest BCUT2D eigenvalue weighted by Gasteiger charge is -2.22. The molecule has 0 saturated carbocycles. The Morgan fingerprint density at radius 3 is 2.63 bits per heavy atom. The van der Waals surface area contributed by atoms with Gasteiger partial charge in [-0.3, -0.25) is 4.68 Å². The molecular weight excluding hydrogens is 417 g/mol. The molecule has 3 aromatic heterocycles. The van der Waals surface area contributed by atoms with E-state index in [0.29, 0.717) is 16.1 Å². The van der Waals surface area contributed by atoms with E-state index in [4.69, 9.17) is 23.2 Å². The first-order valence-corrected chi connectivity index (χ1v) is 11.0. The molecule has 1 fully saturated rings. The molecule has 4 heterocycles. The predicted molar refractivity (Wildman–Crippen MR) is 122 cm³/mol. The minimum absolute atomic E-state index is 0.0365. The van der Waals surface area contributed by atoms with Gasteiger partial charge in [-0.2, -0.15) is 5.10 Å². The number of nitrogens with one attached hydrogen (secondary N) is 2. The molecule has 0 bridgehead atoms. The molecule has 1 unspecified atom stereocenters. The monoisotopic (exact) mass is 439 g/mol. The van der Waals surface area contributed by atoms with Crippen LogP contribution in [0.15, 0.2) is 49.1 Å². The molecule has 5 nitrogen and oxygen atoms in total. The molecule has 4 aromatic rings. The Kier molecular flexibility index (Phi) is 5.27. The van der Waals surface area contributed by atoms with Crippen molar-refractivity contribution in [1.82, 2.24) is 25.1 Å². The molecule has 0 aliphatic carbocycles. The Hall–Kier alpha value is -2.34. The van der Waals surface area contributed by atoms with Crippen LogP contribution in [-0.2, 0) is 0 Å². The van der Waals surface area contributed by atoms with Gasteiger partial charge < -0.3 is 10.3 Å². The number of hydrogen-bond donors (Lipinski definition) is 2. The molecule has 1 aliphatic heterocycles. The van der Waals surface area contributed by atoms with Crippen LogP contribution >= 0.6 is 23.2 Å². The van der Waals surface area contributed by atoms with Gasteiger partial charge in [-0.15, -0.1) is 0 Å². The van der Waals surface area contributed by atoms with Crippen molar-refractivity contribution < 1.29 is 0 Å². The van der Waals surface area contributed by atoms with Crippen LogP contribution in [0.1, 0.15) is 42.9 Å². The molecule has 7 heteroatoms. The summed E-state index contributed by atoms with van der Waals surface area (Å²) in [5, 5.41) is 10.5. The fraction of sp³-hybridized carbons (Fsp3) is 0.304. The lowest BCUT2D eigenvalue weighted by atomic mass is 9.92. The maximum Gasteiger partial charge on any atom is 0.137 e. The minimum atomic E-state index is 0.0365. The van der Waals surface area contributed by atoms with Gasteiger partial charge in [0.2, 0.25) is 0 Å². The highest BCUT2D eigenvalue weighted by atomic mass is 35.5. The molecule has 154 valence electrons. The molecular formula is C23H23Cl2N5. The van der Waals surface area contributed by atoms with Crippen molar-refractivity contribution in [3.05, 3.63) is 70.2 Å². The number of aromatic nitrogens is 4. The summed E-state index contributed by atoms with van der Waals surface area (Å²) in [5.41, 5.74) is 5.06. The van der Waals surface area contributed by atoms with Gasteiger partial charge >= 0.3 is 0 Å². The van der Waals surface area contributed by atoms with Gasteiger partial charge in [-0.1, -0.05) is 36.2 Å². The van der Waals surface area contributed by atoms with Crippen molar-refractivity contribution in [1.29, 1.82) is 0 Å². The van der Waals surface area contributed by atoms with Crippen LogP contribution in [0.3, 0.4) is 0 Å². The van der Waals surface area contributed by atoms with Gasteiger partial charge in [-0.25, -0.2) is 4.98 Å². The number of nitrogens with zero attached hydrogens (tertiary/aromatic N) is 3. The molecule has 0 amide bonds. The van der Waals surface area contributed by atoms with Crippen molar-refractivity contribution in [2.75, 3.05) is 13.1 Å². The Morgan fingerprint density at radius 1 is 1.10 bits per heavy atom. The maximum absolute atomic E-state index is 6.47. The number of piperidine rings is 1. The van der Waals surface area contributed by atoms with Gasteiger partial charge in [0.15, 0.2) is 0 Å². The smallest absolute Gasteiger partial charge is 0.137 e. The van der Waals surface area contributed by atoms with E-state index in [-0.39, 0.29) is 5.92 Å². The van der Waals surface area contributed by atoms with Crippen LogP contribution in [0.4, 0.5) is 0 Å². The first-order valence-electron chi connectivity index (χ1n) is 10.3. The van der Waals surface area contributed by atoms with Gasteiger partial charge in [0.1, 0.15) is 5.65 Å². The summed E-state index contributed by atoms with van der Waals surface area (Å²) in [6, 6.07) is 8.27. The summed E-state index contributed by atoms with van der Waals surface area (Å²) in [4.78, 5) is 7.94. The Balaban J connectivity index is 1.51. The molecule has 1 saturated heterocycles. The Morgan fingerprint density at radius 2 is 1.87 bits per heavy atom. The van der Waals surface area contributed by atoms with Crippen molar-refractivity contribution in [2.24, 2.45) is 0 Å². The summed E-state index contributed by atoms with van der Waals surface area (Å²) < 4.78 is 2.10. The van der Waals surface area contributed by atoms with E-state index in [9.17, 15) is 0 Å². The summed E-state index contributed by atoms with van der Waals surface area (Å²) in [7, 11) is 0. The van der Waals surface area contributed by atoms with Gasteiger partial charge in [0, 0.05) is 51.1 Å². The average molecular weight is 440 g/mol. The van der Waals surface area contributed by atoms with Crippen LogP contribution in [0.2, 0.25) is 10.0 Å². The summed E-state index contributed by atoms with van der Waals surface area (Å²) in [6.07, 6.45) is 10.2. The maximum atomic E-state index is 6.47. The molecule has 2 N–H and O–H groups in total. The van der Waals surface area contributed by atoms with E-state index < -0.39 is 0 Å². The zero-order valence-corrected chi connectivity index (χ0v) is 18.2. The van der Waals surface area contributed by atoms with Gasteiger partial charge in [0.25, 0.3) is 0 Å². The first kappa shape index (κ1) is 19.6. The standard InChI is InChI=1S/C23H23Cl2N5/c1-14(22-20(24)3-2-4-21(22)25)19-12-28-23-18(19)9-15(10-27-23)16-11-29-30(13-16)17-5-7-26-8-6-17/h2-4,9-14,17,26H,5-8H2,1H3,(H,27,28). The van der Waals surface area contributed by atoms with E-state index in [1.54, 1.807) is 0 Å². The molecule has 5 rings (SSSR count). The lowest BCUT2D eigenvalue weighted by Crippen LogP contribution is -2.29. The summed E-state index contributed by atoms with van der Waals surface area (Å²) in [6.45, 7) is 4.21. The normalized spacial score (nSPS) is 16.2. The average Bonchev–Trinajstić information content (AvgIpc) is 3.41. The Labute approximate surface area is 185 Å². The molecule has 30 heavy (non-hydrogen) atoms. The second-order valence-electron chi connectivity index (χ2n) is 7.91. The van der Waals surface area contributed by atoms with Crippen LogP contribution < -0.4 is 5.32 Å². The van der Waals surface area contributed by atoms with E-state index >= 15 is 0 Å².